The molecular weight excluding hydrogens is 356 g/mol. The van der Waals surface area contributed by atoms with Gasteiger partial charge in [-0.2, -0.15) is 0 Å². The number of carbonyl (C=O) groups is 2. The van der Waals surface area contributed by atoms with Crippen LogP contribution in [0.2, 0.25) is 5.02 Å². The molecule has 0 saturated carbocycles. The molecule has 0 saturated heterocycles. The Labute approximate surface area is 157 Å². The van der Waals surface area contributed by atoms with Crippen LogP contribution in [-0.2, 0) is 16.0 Å². The van der Waals surface area contributed by atoms with Crippen molar-refractivity contribution in [3.8, 4) is 0 Å². The lowest BCUT2D eigenvalue weighted by atomic mass is 10.1. The van der Waals surface area contributed by atoms with Crippen LogP contribution < -0.4 is 10.9 Å². The SMILES string of the molecule is Cc1ccc(CCCC(=O)NNC(=O)CSc2ccc(Cl)cc2)cc1. The molecule has 0 aliphatic heterocycles. The predicted molar refractivity (Wildman–Crippen MR) is 103 cm³/mol. The van der Waals surface area contributed by atoms with Crippen LogP contribution in [0.25, 0.3) is 0 Å². The zero-order chi connectivity index (χ0) is 18.1. The monoisotopic (exact) mass is 376 g/mol. The molecule has 132 valence electrons. The van der Waals surface area contributed by atoms with Crippen LogP contribution in [0.1, 0.15) is 24.0 Å². The zero-order valence-electron chi connectivity index (χ0n) is 14.0. The van der Waals surface area contributed by atoms with E-state index in [2.05, 4.69) is 35.1 Å². The van der Waals surface area contributed by atoms with Crippen molar-refractivity contribution in [2.75, 3.05) is 5.75 Å². The smallest absolute Gasteiger partial charge is 0.248 e. The highest BCUT2D eigenvalue weighted by atomic mass is 35.5. The number of rotatable bonds is 7. The second kappa shape index (κ2) is 10.1. The molecule has 0 fully saturated rings. The summed E-state index contributed by atoms with van der Waals surface area (Å²) in [6.07, 6.45) is 1.96. The Kier molecular flexibility index (Phi) is 7.82. The third kappa shape index (κ3) is 7.63. The van der Waals surface area contributed by atoms with Crippen LogP contribution in [0.3, 0.4) is 0 Å². The average Bonchev–Trinajstić information content (AvgIpc) is 2.61. The molecule has 25 heavy (non-hydrogen) atoms. The van der Waals surface area contributed by atoms with Gasteiger partial charge in [-0.3, -0.25) is 20.4 Å². The maximum atomic E-state index is 11.8. The molecular formula is C19H21ClN2O2S. The number of benzene rings is 2. The van der Waals surface area contributed by atoms with Crippen molar-refractivity contribution in [3.05, 3.63) is 64.7 Å². The van der Waals surface area contributed by atoms with Gasteiger partial charge in [0.25, 0.3) is 0 Å². The van der Waals surface area contributed by atoms with E-state index in [1.165, 1.54) is 22.9 Å². The van der Waals surface area contributed by atoms with E-state index < -0.39 is 0 Å². The van der Waals surface area contributed by atoms with Crippen molar-refractivity contribution in [2.24, 2.45) is 0 Å². The van der Waals surface area contributed by atoms with E-state index in [1.807, 2.05) is 19.1 Å². The van der Waals surface area contributed by atoms with Crippen LogP contribution in [-0.4, -0.2) is 17.6 Å². The minimum Gasteiger partial charge on any atom is -0.273 e. The summed E-state index contributed by atoms with van der Waals surface area (Å²) in [5.74, 6) is -0.200. The summed E-state index contributed by atoms with van der Waals surface area (Å²) < 4.78 is 0. The lowest BCUT2D eigenvalue weighted by Gasteiger charge is -2.07. The molecule has 0 bridgehead atoms. The number of amides is 2. The first-order valence-electron chi connectivity index (χ1n) is 8.04. The fourth-order valence-electron chi connectivity index (χ4n) is 2.13. The van der Waals surface area contributed by atoms with Crippen molar-refractivity contribution in [1.29, 1.82) is 0 Å². The molecule has 0 atom stereocenters. The first-order valence-corrected chi connectivity index (χ1v) is 9.41. The van der Waals surface area contributed by atoms with E-state index in [-0.39, 0.29) is 17.6 Å². The number of thioether (sulfide) groups is 1. The lowest BCUT2D eigenvalue weighted by molar-refractivity contribution is -0.127. The molecule has 0 aliphatic carbocycles. The molecule has 0 aromatic heterocycles. The molecule has 6 heteroatoms. The van der Waals surface area contributed by atoms with Crippen LogP contribution in [0.5, 0.6) is 0 Å². The van der Waals surface area contributed by atoms with E-state index in [1.54, 1.807) is 12.1 Å². The van der Waals surface area contributed by atoms with Crippen LogP contribution in [0.15, 0.2) is 53.4 Å². The number of aryl methyl sites for hydroxylation is 2. The van der Waals surface area contributed by atoms with Crippen molar-refractivity contribution in [3.63, 3.8) is 0 Å². The summed E-state index contributed by atoms with van der Waals surface area (Å²) in [6.45, 7) is 2.05. The Hall–Kier alpha value is -1.98. The van der Waals surface area contributed by atoms with Gasteiger partial charge in [-0.1, -0.05) is 41.4 Å². The summed E-state index contributed by atoms with van der Waals surface area (Å²) in [5.41, 5.74) is 7.32. The number of nitrogens with one attached hydrogen (secondary N) is 2. The Bertz CT molecular complexity index is 702. The Balaban J connectivity index is 1.59. The quantitative estimate of drug-likeness (QED) is 0.569. The first-order chi connectivity index (χ1) is 12.0. The van der Waals surface area contributed by atoms with E-state index in [0.29, 0.717) is 11.4 Å². The van der Waals surface area contributed by atoms with Gasteiger partial charge < -0.3 is 0 Å². The normalized spacial score (nSPS) is 10.3. The van der Waals surface area contributed by atoms with Crippen molar-refractivity contribution in [1.82, 2.24) is 10.9 Å². The molecule has 2 aromatic carbocycles. The van der Waals surface area contributed by atoms with Crippen LogP contribution >= 0.6 is 23.4 Å². The Morgan fingerprint density at radius 3 is 2.28 bits per heavy atom. The molecule has 2 rings (SSSR count). The molecule has 2 aromatic rings. The second-order valence-corrected chi connectivity index (χ2v) is 7.16. The van der Waals surface area contributed by atoms with E-state index in [9.17, 15) is 9.59 Å². The molecule has 0 spiro atoms. The van der Waals surface area contributed by atoms with Crippen molar-refractivity contribution in [2.45, 2.75) is 31.1 Å². The fraction of sp³-hybridized carbons (Fsp3) is 0.263. The third-order valence-electron chi connectivity index (χ3n) is 3.51. The first kappa shape index (κ1) is 19.3. The molecule has 0 unspecified atom stereocenters. The summed E-state index contributed by atoms with van der Waals surface area (Å²) in [4.78, 5) is 24.4. The van der Waals surface area contributed by atoms with Gasteiger partial charge in [-0.25, -0.2) is 0 Å². The van der Waals surface area contributed by atoms with Gasteiger partial charge in [0.05, 0.1) is 5.75 Å². The topological polar surface area (TPSA) is 58.2 Å². The summed E-state index contributed by atoms with van der Waals surface area (Å²) in [5, 5.41) is 0.659. The van der Waals surface area contributed by atoms with Crippen molar-refractivity contribution >= 4 is 35.2 Å². The van der Waals surface area contributed by atoms with Gasteiger partial charge in [0.2, 0.25) is 11.8 Å². The van der Waals surface area contributed by atoms with E-state index in [4.69, 9.17) is 11.6 Å². The molecule has 0 heterocycles. The fourth-order valence-corrected chi connectivity index (χ4v) is 2.95. The van der Waals surface area contributed by atoms with Gasteiger partial charge in [-0.15, -0.1) is 11.8 Å². The maximum Gasteiger partial charge on any atom is 0.248 e. The summed E-state index contributed by atoms with van der Waals surface area (Å²) in [7, 11) is 0. The van der Waals surface area contributed by atoms with Crippen molar-refractivity contribution < 1.29 is 9.59 Å². The largest absolute Gasteiger partial charge is 0.273 e. The third-order valence-corrected chi connectivity index (χ3v) is 4.78. The number of carbonyl (C=O) groups excluding carboxylic acids is 2. The van der Waals surface area contributed by atoms with Gasteiger partial charge in [0.15, 0.2) is 0 Å². The standard InChI is InChI=1S/C19H21ClN2O2S/c1-14-5-7-15(8-6-14)3-2-4-18(23)21-22-19(24)13-25-17-11-9-16(20)10-12-17/h5-12H,2-4,13H2,1H3,(H,21,23)(H,22,24). The Morgan fingerprint density at radius 1 is 0.960 bits per heavy atom. The van der Waals surface area contributed by atoms with E-state index in [0.717, 1.165) is 17.7 Å². The number of halogens is 1. The zero-order valence-corrected chi connectivity index (χ0v) is 15.6. The predicted octanol–water partition coefficient (Wildman–Crippen LogP) is 3.91. The number of hydrogen-bond acceptors (Lipinski definition) is 3. The maximum absolute atomic E-state index is 11.8. The second-order valence-electron chi connectivity index (χ2n) is 5.68. The minimum atomic E-state index is -0.244. The molecule has 4 nitrogen and oxygen atoms in total. The molecule has 2 N–H and O–H groups in total. The summed E-state index contributed by atoms with van der Waals surface area (Å²) in [6, 6.07) is 15.5. The van der Waals surface area contributed by atoms with Gasteiger partial charge in [-0.05, 0) is 49.6 Å². The molecule has 0 radical (unpaired) electrons. The molecule has 2 amide bonds. The average molecular weight is 377 g/mol. The van der Waals surface area contributed by atoms with Gasteiger partial charge >= 0.3 is 0 Å². The highest BCUT2D eigenvalue weighted by Gasteiger charge is 2.06. The van der Waals surface area contributed by atoms with Crippen LogP contribution in [0, 0.1) is 6.92 Å². The summed E-state index contributed by atoms with van der Waals surface area (Å²) >= 11 is 7.19. The highest BCUT2D eigenvalue weighted by Crippen LogP contribution is 2.19. The van der Waals surface area contributed by atoms with Gasteiger partial charge in [0.1, 0.15) is 0 Å². The Morgan fingerprint density at radius 2 is 1.60 bits per heavy atom. The minimum absolute atomic E-state index is 0.183. The number of hydrogen-bond donors (Lipinski definition) is 2. The van der Waals surface area contributed by atoms with E-state index >= 15 is 0 Å². The van der Waals surface area contributed by atoms with Crippen LogP contribution in [0.4, 0.5) is 0 Å². The lowest BCUT2D eigenvalue weighted by Crippen LogP contribution is -2.42. The van der Waals surface area contributed by atoms with Gasteiger partial charge in [0, 0.05) is 16.3 Å². The molecule has 0 aliphatic rings. The highest BCUT2D eigenvalue weighted by molar-refractivity contribution is 8.00. The number of hydrazine groups is 1.